The number of halogens is 1. The topological polar surface area (TPSA) is 56.4 Å². The van der Waals surface area contributed by atoms with E-state index in [2.05, 4.69) is 15.5 Å². The largest absolute Gasteiger partial charge is 0.497 e. The second-order valence-corrected chi connectivity index (χ2v) is 6.32. The molecule has 138 valence electrons. The molecular formula is C21H16FN5O. The summed E-state index contributed by atoms with van der Waals surface area (Å²) < 4.78 is 22.1. The van der Waals surface area contributed by atoms with Crippen molar-refractivity contribution >= 4 is 28.2 Å². The quantitative estimate of drug-likeness (QED) is 0.502. The number of anilines is 2. The van der Waals surface area contributed by atoms with Gasteiger partial charge in [-0.15, -0.1) is 14.8 Å². The third-order valence-electron chi connectivity index (χ3n) is 4.58. The standard InChI is InChI=1S/C21H16FN5O/c1-28-17-12-10-16(11-13-17)26-20-18-4-2-3-5-19(18)24-27(20)25-21(26)23-15-8-6-14(22)7-9-15/h2-13H,1H3,(H,23,25). The van der Waals surface area contributed by atoms with Gasteiger partial charge in [0.15, 0.2) is 5.65 Å². The van der Waals surface area contributed by atoms with E-state index in [4.69, 9.17) is 4.74 Å². The van der Waals surface area contributed by atoms with Crippen LogP contribution in [-0.4, -0.2) is 26.5 Å². The lowest BCUT2D eigenvalue weighted by molar-refractivity contribution is 0.415. The van der Waals surface area contributed by atoms with Gasteiger partial charge in [0, 0.05) is 11.1 Å². The SMILES string of the molecule is COc1ccc(-n2c(Nc3ccc(F)cc3)nn3nc4ccccc4c23)cc1. The molecule has 0 amide bonds. The maximum Gasteiger partial charge on any atom is 0.234 e. The van der Waals surface area contributed by atoms with E-state index in [1.165, 1.54) is 12.1 Å². The molecule has 0 atom stereocenters. The Bertz CT molecular complexity index is 1270. The number of nitrogens with one attached hydrogen (secondary N) is 1. The Labute approximate surface area is 159 Å². The molecular weight excluding hydrogens is 357 g/mol. The molecule has 5 aromatic rings. The lowest BCUT2D eigenvalue weighted by Crippen LogP contribution is -2.02. The fourth-order valence-electron chi connectivity index (χ4n) is 3.24. The lowest BCUT2D eigenvalue weighted by Gasteiger charge is -2.10. The van der Waals surface area contributed by atoms with Crippen LogP contribution in [0.5, 0.6) is 5.75 Å². The van der Waals surface area contributed by atoms with E-state index in [1.807, 2.05) is 53.1 Å². The number of hydrogen-bond acceptors (Lipinski definition) is 4. The molecule has 1 N–H and O–H groups in total. The van der Waals surface area contributed by atoms with Crippen LogP contribution >= 0.6 is 0 Å². The van der Waals surface area contributed by atoms with Gasteiger partial charge in [0.1, 0.15) is 11.6 Å². The van der Waals surface area contributed by atoms with Crippen molar-refractivity contribution in [2.24, 2.45) is 0 Å². The van der Waals surface area contributed by atoms with Gasteiger partial charge in [-0.2, -0.15) is 0 Å². The smallest absolute Gasteiger partial charge is 0.234 e. The second-order valence-electron chi connectivity index (χ2n) is 6.32. The molecule has 0 aliphatic carbocycles. The molecule has 0 saturated carbocycles. The lowest BCUT2D eigenvalue weighted by atomic mass is 10.2. The number of fused-ring (bicyclic) bond motifs is 3. The van der Waals surface area contributed by atoms with Crippen molar-refractivity contribution in [2.75, 3.05) is 12.4 Å². The second kappa shape index (κ2) is 6.38. The summed E-state index contributed by atoms with van der Waals surface area (Å²) in [5.41, 5.74) is 3.33. The minimum atomic E-state index is -0.287. The minimum absolute atomic E-state index is 0.287. The molecule has 0 saturated heterocycles. The zero-order chi connectivity index (χ0) is 19.1. The first kappa shape index (κ1) is 16.3. The Hall–Kier alpha value is -3.87. The van der Waals surface area contributed by atoms with Crippen LogP contribution in [0.1, 0.15) is 0 Å². The summed E-state index contributed by atoms with van der Waals surface area (Å²) >= 11 is 0. The van der Waals surface area contributed by atoms with Gasteiger partial charge in [-0.25, -0.2) is 4.39 Å². The fourth-order valence-corrected chi connectivity index (χ4v) is 3.24. The first-order valence-corrected chi connectivity index (χ1v) is 8.76. The zero-order valence-corrected chi connectivity index (χ0v) is 15.0. The van der Waals surface area contributed by atoms with Crippen molar-refractivity contribution in [1.29, 1.82) is 0 Å². The average Bonchev–Trinajstić information content (AvgIpc) is 3.25. The maximum absolute atomic E-state index is 13.3. The van der Waals surface area contributed by atoms with E-state index < -0.39 is 0 Å². The van der Waals surface area contributed by atoms with Crippen molar-refractivity contribution in [3.63, 3.8) is 0 Å². The van der Waals surface area contributed by atoms with Crippen LogP contribution in [-0.2, 0) is 0 Å². The predicted octanol–water partition coefficient (Wildman–Crippen LogP) is 4.56. The van der Waals surface area contributed by atoms with Crippen LogP contribution in [0.15, 0.2) is 72.8 Å². The summed E-state index contributed by atoms with van der Waals surface area (Å²) in [4.78, 5) is 0. The molecule has 6 nitrogen and oxygen atoms in total. The van der Waals surface area contributed by atoms with Crippen LogP contribution < -0.4 is 10.1 Å². The molecule has 0 spiro atoms. The fraction of sp³-hybridized carbons (Fsp3) is 0.0476. The number of rotatable bonds is 4. The number of hydrogen-bond donors (Lipinski definition) is 1. The van der Waals surface area contributed by atoms with Gasteiger partial charge in [0.2, 0.25) is 5.95 Å². The Morgan fingerprint density at radius 3 is 2.39 bits per heavy atom. The van der Waals surface area contributed by atoms with Crippen molar-refractivity contribution < 1.29 is 9.13 Å². The number of ether oxygens (including phenoxy) is 1. The highest BCUT2D eigenvalue weighted by molar-refractivity contribution is 5.93. The Balaban J connectivity index is 1.73. The highest BCUT2D eigenvalue weighted by Gasteiger charge is 2.18. The first-order chi connectivity index (χ1) is 13.7. The van der Waals surface area contributed by atoms with Crippen molar-refractivity contribution in [3.8, 4) is 11.4 Å². The third kappa shape index (κ3) is 2.64. The normalized spacial score (nSPS) is 11.2. The van der Waals surface area contributed by atoms with E-state index in [0.717, 1.165) is 33.7 Å². The molecule has 0 unspecified atom stereocenters. The Morgan fingerprint density at radius 2 is 1.64 bits per heavy atom. The summed E-state index contributed by atoms with van der Waals surface area (Å²) in [6, 6.07) is 21.7. The van der Waals surface area contributed by atoms with Gasteiger partial charge >= 0.3 is 0 Å². The van der Waals surface area contributed by atoms with Gasteiger partial charge in [-0.05, 0) is 60.7 Å². The zero-order valence-electron chi connectivity index (χ0n) is 15.0. The van der Waals surface area contributed by atoms with Crippen LogP contribution in [0.25, 0.3) is 22.2 Å². The molecule has 3 aromatic carbocycles. The summed E-state index contributed by atoms with van der Waals surface area (Å²) in [6.45, 7) is 0. The number of nitrogens with zero attached hydrogens (tertiary/aromatic N) is 4. The summed E-state index contributed by atoms with van der Waals surface area (Å²) in [6.07, 6.45) is 0. The van der Waals surface area contributed by atoms with Gasteiger partial charge < -0.3 is 10.1 Å². The van der Waals surface area contributed by atoms with E-state index >= 15 is 0 Å². The monoisotopic (exact) mass is 373 g/mol. The molecule has 0 fully saturated rings. The number of benzene rings is 3. The minimum Gasteiger partial charge on any atom is -0.497 e. The number of aromatic nitrogens is 4. The van der Waals surface area contributed by atoms with Crippen molar-refractivity contribution in [1.82, 2.24) is 19.4 Å². The van der Waals surface area contributed by atoms with Gasteiger partial charge in [0.25, 0.3) is 0 Å². The van der Waals surface area contributed by atoms with Crippen LogP contribution in [0.2, 0.25) is 0 Å². The summed E-state index contributed by atoms with van der Waals surface area (Å²) in [5.74, 6) is 1.06. The van der Waals surface area contributed by atoms with Crippen LogP contribution in [0.3, 0.4) is 0 Å². The Morgan fingerprint density at radius 1 is 0.893 bits per heavy atom. The van der Waals surface area contributed by atoms with Gasteiger partial charge in [-0.3, -0.25) is 4.57 Å². The highest BCUT2D eigenvalue weighted by atomic mass is 19.1. The van der Waals surface area contributed by atoms with E-state index in [0.29, 0.717) is 5.95 Å². The molecule has 5 rings (SSSR count). The van der Waals surface area contributed by atoms with Crippen LogP contribution in [0, 0.1) is 5.82 Å². The predicted molar refractivity (Wildman–Crippen MR) is 106 cm³/mol. The summed E-state index contributed by atoms with van der Waals surface area (Å²) in [5, 5.41) is 13.4. The third-order valence-corrected chi connectivity index (χ3v) is 4.58. The van der Waals surface area contributed by atoms with E-state index in [9.17, 15) is 4.39 Å². The number of methoxy groups -OCH3 is 1. The van der Waals surface area contributed by atoms with Gasteiger partial charge in [0.05, 0.1) is 18.3 Å². The van der Waals surface area contributed by atoms with Crippen LogP contribution in [0.4, 0.5) is 16.0 Å². The van der Waals surface area contributed by atoms with E-state index in [-0.39, 0.29) is 5.82 Å². The maximum atomic E-state index is 13.3. The highest BCUT2D eigenvalue weighted by Crippen LogP contribution is 2.28. The molecule has 0 aliphatic rings. The molecule has 0 radical (unpaired) electrons. The average molecular weight is 373 g/mol. The van der Waals surface area contributed by atoms with Gasteiger partial charge in [-0.1, -0.05) is 12.1 Å². The molecule has 2 aromatic heterocycles. The molecule has 0 bridgehead atoms. The molecule has 0 aliphatic heterocycles. The molecule has 2 heterocycles. The van der Waals surface area contributed by atoms with Crippen molar-refractivity contribution in [2.45, 2.75) is 0 Å². The first-order valence-electron chi connectivity index (χ1n) is 8.76. The Kier molecular flexibility index (Phi) is 3.72. The van der Waals surface area contributed by atoms with Crippen molar-refractivity contribution in [3.05, 3.63) is 78.6 Å². The summed E-state index contributed by atoms with van der Waals surface area (Å²) in [7, 11) is 1.64. The molecule has 7 heteroatoms. The van der Waals surface area contributed by atoms with E-state index in [1.54, 1.807) is 23.9 Å². The molecule has 28 heavy (non-hydrogen) atoms.